The Morgan fingerprint density at radius 3 is 2.41 bits per heavy atom. The van der Waals surface area contributed by atoms with Crippen LogP contribution in [0.5, 0.6) is 5.75 Å². The van der Waals surface area contributed by atoms with Gasteiger partial charge in [-0.3, -0.25) is 0 Å². The van der Waals surface area contributed by atoms with Crippen LogP contribution in [0, 0.1) is 0 Å². The standard InChI is InChI=1S/C11H15Br2NO3/c12-9-5-8(6-10(13)11(9)16)7-14-1-3-17-4-2-15/h5-6,14-16H,1-4,7H2. The molecule has 0 aliphatic rings. The van der Waals surface area contributed by atoms with E-state index >= 15 is 0 Å². The van der Waals surface area contributed by atoms with Crippen molar-refractivity contribution >= 4 is 31.9 Å². The van der Waals surface area contributed by atoms with E-state index in [4.69, 9.17) is 9.84 Å². The second-order valence-electron chi connectivity index (χ2n) is 3.42. The van der Waals surface area contributed by atoms with Crippen LogP contribution in [0.3, 0.4) is 0 Å². The van der Waals surface area contributed by atoms with Gasteiger partial charge in [-0.15, -0.1) is 0 Å². The molecule has 96 valence electrons. The van der Waals surface area contributed by atoms with Crippen molar-refractivity contribution in [3.8, 4) is 5.75 Å². The Kier molecular flexibility index (Phi) is 7.06. The van der Waals surface area contributed by atoms with Crippen molar-refractivity contribution in [1.29, 1.82) is 0 Å². The van der Waals surface area contributed by atoms with E-state index in [9.17, 15) is 5.11 Å². The number of nitrogens with one attached hydrogen (secondary N) is 1. The van der Waals surface area contributed by atoms with Gasteiger partial charge in [0.1, 0.15) is 5.75 Å². The summed E-state index contributed by atoms with van der Waals surface area (Å²) in [6.45, 7) is 2.41. The van der Waals surface area contributed by atoms with Crippen LogP contribution in [0.2, 0.25) is 0 Å². The third-order valence-electron chi connectivity index (χ3n) is 2.06. The van der Waals surface area contributed by atoms with E-state index in [1.807, 2.05) is 12.1 Å². The summed E-state index contributed by atoms with van der Waals surface area (Å²) in [5.41, 5.74) is 1.06. The van der Waals surface area contributed by atoms with Gasteiger partial charge in [0.05, 0.1) is 28.8 Å². The molecular formula is C11H15Br2NO3. The SMILES string of the molecule is OCCOCCNCc1cc(Br)c(O)c(Br)c1. The molecule has 1 aromatic carbocycles. The maximum atomic E-state index is 9.54. The zero-order valence-corrected chi connectivity index (χ0v) is 12.4. The van der Waals surface area contributed by atoms with Crippen molar-refractivity contribution in [2.24, 2.45) is 0 Å². The number of aromatic hydroxyl groups is 1. The highest BCUT2D eigenvalue weighted by molar-refractivity contribution is 9.11. The molecule has 0 saturated carbocycles. The van der Waals surface area contributed by atoms with Crippen LogP contribution >= 0.6 is 31.9 Å². The average molecular weight is 369 g/mol. The van der Waals surface area contributed by atoms with Crippen LogP contribution < -0.4 is 5.32 Å². The van der Waals surface area contributed by atoms with Crippen molar-refractivity contribution < 1.29 is 14.9 Å². The van der Waals surface area contributed by atoms with Gasteiger partial charge < -0.3 is 20.3 Å². The Labute approximate surface area is 117 Å². The van der Waals surface area contributed by atoms with Crippen molar-refractivity contribution in [2.45, 2.75) is 6.54 Å². The van der Waals surface area contributed by atoms with E-state index in [0.717, 1.165) is 12.1 Å². The molecule has 3 N–H and O–H groups in total. The summed E-state index contributed by atoms with van der Waals surface area (Å²) >= 11 is 6.56. The molecule has 1 aromatic rings. The summed E-state index contributed by atoms with van der Waals surface area (Å²) in [5, 5.41) is 21.3. The van der Waals surface area contributed by atoms with Crippen molar-refractivity contribution in [2.75, 3.05) is 26.4 Å². The molecule has 0 radical (unpaired) electrons. The monoisotopic (exact) mass is 367 g/mol. The molecule has 4 nitrogen and oxygen atoms in total. The molecule has 1 rings (SSSR count). The number of ether oxygens (including phenoxy) is 1. The number of aliphatic hydroxyl groups excluding tert-OH is 1. The van der Waals surface area contributed by atoms with Gasteiger partial charge in [-0.2, -0.15) is 0 Å². The van der Waals surface area contributed by atoms with E-state index in [0.29, 0.717) is 28.7 Å². The number of benzene rings is 1. The maximum Gasteiger partial charge on any atom is 0.143 e. The number of halogens is 2. The summed E-state index contributed by atoms with van der Waals surface area (Å²) in [4.78, 5) is 0. The first kappa shape index (κ1) is 14.9. The van der Waals surface area contributed by atoms with Crippen molar-refractivity contribution in [3.05, 3.63) is 26.6 Å². The molecule has 6 heteroatoms. The normalized spacial score (nSPS) is 10.8. The lowest BCUT2D eigenvalue weighted by Crippen LogP contribution is -2.20. The Morgan fingerprint density at radius 2 is 1.82 bits per heavy atom. The first-order chi connectivity index (χ1) is 8.15. The van der Waals surface area contributed by atoms with E-state index < -0.39 is 0 Å². The second kappa shape index (κ2) is 8.05. The predicted octanol–water partition coefficient (Wildman–Crippen LogP) is 2.02. The number of hydrogen-bond donors (Lipinski definition) is 3. The lowest BCUT2D eigenvalue weighted by Gasteiger charge is -2.08. The van der Waals surface area contributed by atoms with Crippen LogP contribution in [-0.2, 0) is 11.3 Å². The largest absolute Gasteiger partial charge is 0.506 e. The molecule has 0 aromatic heterocycles. The van der Waals surface area contributed by atoms with Gasteiger partial charge in [0.25, 0.3) is 0 Å². The second-order valence-corrected chi connectivity index (χ2v) is 5.13. The zero-order chi connectivity index (χ0) is 12.7. The van der Waals surface area contributed by atoms with Crippen LogP contribution in [0.4, 0.5) is 0 Å². The van der Waals surface area contributed by atoms with Gasteiger partial charge in [-0.1, -0.05) is 0 Å². The predicted molar refractivity (Wildman–Crippen MR) is 73.1 cm³/mol. The number of rotatable bonds is 7. The molecule has 0 aliphatic heterocycles. The highest BCUT2D eigenvalue weighted by Gasteiger charge is 2.05. The lowest BCUT2D eigenvalue weighted by atomic mass is 10.2. The van der Waals surface area contributed by atoms with Gasteiger partial charge in [-0.25, -0.2) is 0 Å². The molecule has 0 saturated heterocycles. The third kappa shape index (κ3) is 5.35. The Balaban J connectivity index is 2.32. The van der Waals surface area contributed by atoms with Gasteiger partial charge in [-0.05, 0) is 49.6 Å². The summed E-state index contributed by atoms with van der Waals surface area (Å²) < 4.78 is 6.45. The number of phenols is 1. The number of hydrogen-bond acceptors (Lipinski definition) is 4. The first-order valence-corrected chi connectivity index (χ1v) is 6.80. The van der Waals surface area contributed by atoms with Gasteiger partial charge in [0.2, 0.25) is 0 Å². The maximum absolute atomic E-state index is 9.54. The number of phenolic OH excluding ortho intramolecular Hbond substituents is 1. The van der Waals surface area contributed by atoms with Crippen LogP contribution in [0.25, 0.3) is 0 Å². The fourth-order valence-corrected chi connectivity index (χ4v) is 2.55. The topological polar surface area (TPSA) is 61.7 Å². The fourth-order valence-electron chi connectivity index (χ4n) is 1.26. The molecule has 0 heterocycles. The fraction of sp³-hybridized carbons (Fsp3) is 0.455. The van der Waals surface area contributed by atoms with Crippen LogP contribution in [-0.4, -0.2) is 36.6 Å². The quantitative estimate of drug-likeness (QED) is 0.644. The third-order valence-corrected chi connectivity index (χ3v) is 3.27. The molecule has 0 amide bonds. The van der Waals surface area contributed by atoms with Gasteiger partial charge >= 0.3 is 0 Å². The Bertz CT molecular complexity index is 338. The molecule has 0 atom stereocenters. The molecule has 0 fully saturated rings. The van der Waals surface area contributed by atoms with Gasteiger partial charge in [0.15, 0.2) is 0 Å². The molecule has 0 bridgehead atoms. The summed E-state index contributed by atoms with van der Waals surface area (Å²) in [6, 6.07) is 3.73. The van der Waals surface area contributed by atoms with E-state index in [2.05, 4.69) is 37.2 Å². The Hall–Kier alpha value is -0.140. The summed E-state index contributed by atoms with van der Waals surface area (Å²) in [5.74, 6) is 0.208. The smallest absolute Gasteiger partial charge is 0.143 e. The van der Waals surface area contributed by atoms with E-state index in [1.54, 1.807) is 0 Å². The summed E-state index contributed by atoms with van der Waals surface area (Å²) in [6.07, 6.45) is 0. The molecule has 0 aliphatic carbocycles. The zero-order valence-electron chi connectivity index (χ0n) is 9.25. The molecule has 0 spiro atoms. The average Bonchev–Trinajstić information content (AvgIpc) is 2.30. The first-order valence-electron chi connectivity index (χ1n) is 5.21. The van der Waals surface area contributed by atoms with Crippen LogP contribution in [0.15, 0.2) is 21.1 Å². The lowest BCUT2D eigenvalue weighted by molar-refractivity contribution is 0.0938. The minimum Gasteiger partial charge on any atom is -0.506 e. The molecular weight excluding hydrogens is 354 g/mol. The van der Waals surface area contributed by atoms with Crippen molar-refractivity contribution in [3.63, 3.8) is 0 Å². The minimum absolute atomic E-state index is 0.0534. The minimum atomic E-state index is 0.0534. The highest BCUT2D eigenvalue weighted by Crippen LogP contribution is 2.33. The number of aliphatic hydroxyl groups is 1. The van der Waals surface area contributed by atoms with Crippen molar-refractivity contribution in [1.82, 2.24) is 5.32 Å². The molecule has 0 unspecified atom stereocenters. The Morgan fingerprint density at radius 1 is 1.18 bits per heavy atom. The highest BCUT2D eigenvalue weighted by atomic mass is 79.9. The molecule has 17 heavy (non-hydrogen) atoms. The van der Waals surface area contributed by atoms with Gasteiger partial charge in [0, 0.05) is 13.1 Å². The van der Waals surface area contributed by atoms with Crippen LogP contribution in [0.1, 0.15) is 5.56 Å². The van der Waals surface area contributed by atoms with E-state index in [1.165, 1.54) is 0 Å². The summed E-state index contributed by atoms with van der Waals surface area (Å²) in [7, 11) is 0. The van der Waals surface area contributed by atoms with E-state index in [-0.39, 0.29) is 12.4 Å².